The number of nitrogens with two attached hydrogens (primary N) is 1. The molecule has 0 saturated carbocycles. The van der Waals surface area contributed by atoms with Crippen LogP contribution in [0.15, 0.2) is 0 Å². The molecule has 1 heterocycles. The number of rotatable bonds is 9. The van der Waals surface area contributed by atoms with E-state index < -0.39 is 0 Å². The molecular formula is C14H26N4O. The molecule has 19 heavy (non-hydrogen) atoms. The molecule has 1 aromatic rings. The number of methoxy groups -OCH3 is 1. The van der Waals surface area contributed by atoms with E-state index >= 15 is 0 Å². The molecule has 0 spiro atoms. The van der Waals surface area contributed by atoms with Crippen LogP contribution in [-0.4, -0.2) is 30.2 Å². The van der Waals surface area contributed by atoms with Crippen LogP contribution in [0.5, 0.6) is 0 Å². The predicted octanol–water partition coefficient (Wildman–Crippen LogP) is 2.55. The quantitative estimate of drug-likeness (QED) is 0.672. The van der Waals surface area contributed by atoms with Gasteiger partial charge in [0.05, 0.1) is 0 Å². The van der Waals surface area contributed by atoms with Crippen molar-refractivity contribution >= 4 is 11.6 Å². The zero-order valence-corrected chi connectivity index (χ0v) is 12.3. The van der Waals surface area contributed by atoms with E-state index in [2.05, 4.69) is 22.2 Å². The highest BCUT2D eigenvalue weighted by Gasteiger charge is 2.07. The third kappa shape index (κ3) is 5.42. The molecule has 1 aromatic heterocycles. The topological polar surface area (TPSA) is 73.1 Å². The Balaban J connectivity index is 2.47. The first-order valence-corrected chi connectivity index (χ1v) is 7.04. The van der Waals surface area contributed by atoms with Crippen molar-refractivity contribution < 1.29 is 4.74 Å². The molecule has 3 N–H and O–H groups in total. The van der Waals surface area contributed by atoms with Gasteiger partial charge < -0.3 is 15.8 Å². The molecule has 0 radical (unpaired) electrons. The van der Waals surface area contributed by atoms with E-state index in [1.165, 1.54) is 0 Å². The highest BCUT2D eigenvalue weighted by atomic mass is 16.5. The lowest BCUT2D eigenvalue weighted by molar-refractivity contribution is 0.192. The van der Waals surface area contributed by atoms with Gasteiger partial charge in [0.1, 0.15) is 17.5 Å². The first kappa shape index (κ1) is 15.7. The van der Waals surface area contributed by atoms with Crippen LogP contribution in [0.3, 0.4) is 0 Å². The lowest BCUT2D eigenvalue weighted by atomic mass is 10.2. The van der Waals surface area contributed by atoms with Gasteiger partial charge >= 0.3 is 0 Å². The second kappa shape index (κ2) is 8.69. The standard InChI is InChI=1S/C14H26N4O/c1-4-8-12-17-13(15)11(2)14(18-12)16-9-6-5-7-10-19-3/h4-10H2,1-3H3,(H3,15,16,17,18). The second-order valence-corrected chi connectivity index (χ2v) is 4.73. The van der Waals surface area contributed by atoms with Crippen molar-refractivity contribution in [1.82, 2.24) is 9.97 Å². The fourth-order valence-electron chi connectivity index (χ4n) is 1.84. The molecule has 0 fully saturated rings. The van der Waals surface area contributed by atoms with Gasteiger partial charge in [-0.05, 0) is 32.6 Å². The van der Waals surface area contributed by atoms with E-state index in [1.54, 1.807) is 7.11 Å². The number of ether oxygens (including phenoxy) is 1. The van der Waals surface area contributed by atoms with E-state index in [0.717, 1.165) is 62.5 Å². The van der Waals surface area contributed by atoms with Gasteiger partial charge in [-0.3, -0.25) is 0 Å². The summed E-state index contributed by atoms with van der Waals surface area (Å²) in [5, 5.41) is 3.36. The molecule has 108 valence electrons. The summed E-state index contributed by atoms with van der Waals surface area (Å²) in [6, 6.07) is 0. The minimum absolute atomic E-state index is 0.584. The van der Waals surface area contributed by atoms with Crippen LogP contribution < -0.4 is 11.1 Å². The summed E-state index contributed by atoms with van der Waals surface area (Å²) in [6.07, 6.45) is 5.26. The average molecular weight is 266 g/mol. The maximum atomic E-state index is 5.91. The molecule has 0 aromatic carbocycles. The molecule has 0 unspecified atom stereocenters. The Hall–Kier alpha value is -1.36. The van der Waals surface area contributed by atoms with Crippen molar-refractivity contribution in [3.05, 3.63) is 11.4 Å². The summed E-state index contributed by atoms with van der Waals surface area (Å²) < 4.78 is 5.03. The Morgan fingerprint density at radius 3 is 2.68 bits per heavy atom. The van der Waals surface area contributed by atoms with Gasteiger partial charge in [0, 0.05) is 32.2 Å². The number of nitrogen functional groups attached to an aromatic ring is 1. The van der Waals surface area contributed by atoms with Gasteiger partial charge in [-0.25, -0.2) is 9.97 Å². The summed E-state index contributed by atoms with van der Waals surface area (Å²) in [7, 11) is 1.74. The highest BCUT2D eigenvalue weighted by molar-refractivity contribution is 5.54. The van der Waals surface area contributed by atoms with Crippen LogP contribution in [0.2, 0.25) is 0 Å². The minimum atomic E-state index is 0.584. The number of aryl methyl sites for hydroxylation is 1. The number of aromatic nitrogens is 2. The molecule has 0 aliphatic rings. The Bertz CT molecular complexity index is 382. The Morgan fingerprint density at radius 1 is 1.21 bits per heavy atom. The van der Waals surface area contributed by atoms with Gasteiger partial charge in [0.15, 0.2) is 0 Å². The van der Waals surface area contributed by atoms with Gasteiger partial charge in [-0.2, -0.15) is 0 Å². The normalized spacial score (nSPS) is 10.7. The van der Waals surface area contributed by atoms with E-state index in [9.17, 15) is 0 Å². The fourth-order valence-corrected chi connectivity index (χ4v) is 1.84. The first-order valence-electron chi connectivity index (χ1n) is 7.04. The monoisotopic (exact) mass is 266 g/mol. The van der Waals surface area contributed by atoms with Crippen molar-refractivity contribution in [1.29, 1.82) is 0 Å². The molecule has 0 amide bonds. The highest BCUT2D eigenvalue weighted by Crippen LogP contribution is 2.17. The largest absolute Gasteiger partial charge is 0.385 e. The molecule has 5 heteroatoms. The van der Waals surface area contributed by atoms with Crippen LogP contribution in [0.25, 0.3) is 0 Å². The first-order chi connectivity index (χ1) is 9.19. The summed E-state index contributed by atoms with van der Waals surface area (Å²) in [4.78, 5) is 8.83. The minimum Gasteiger partial charge on any atom is -0.385 e. The molecule has 0 atom stereocenters. The van der Waals surface area contributed by atoms with Gasteiger partial charge in [0.25, 0.3) is 0 Å². The number of nitrogens with zero attached hydrogens (tertiary/aromatic N) is 2. The molecular weight excluding hydrogens is 240 g/mol. The zero-order valence-electron chi connectivity index (χ0n) is 12.3. The smallest absolute Gasteiger partial charge is 0.134 e. The number of hydrogen-bond acceptors (Lipinski definition) is 5. The van der Waals surface area contributed by atoms with Crippen LogP contribution >= 0.6 is 0 Å². The van der Waals surface area contributed by atoms with Crippen molar-refractivity contribution in [3.8, 4) is 0 Å². The summed E-state index contributed by atoms with van der Waals surface area (Å²) in [5.41, 5.74) is 6.86. The molecule has 5 nitrogen and oxygen atoms in total. The molecule has 0 saturated heterocycles. The van der Waals surface area contributed by atoms with Crippen molar-refractivity contribution in [3.63, 3.8) is 0 Å². The van der Waals surface area contributed by atoms with E-state index in [-0.39, 0.29) is 0 Å². The Morgan fingerprint density at radius 2 is 2.00 bits per heavy atom. The zero-order chi connectivity index (χ0) is 14.1. The third-order valence-corrected chi connectivity index (χ3v) is 3.02. The lowest BCUT2D eigenvalue weighted by Gasteiger charge is -2.11. The van der Waals surface area contributed by atoms with Crippen LogP contribution in [0, 0.1) is 6.92 Å². The third-order valence-electron chi connectivity index (χ3n) is 3.02. The fraction of sp³-hybridized carbons (Fsp3) is 0.714. The predicted molar refractivity (Wildman–Crippen MR) is 79.4 cm³/mol. The number of hydrogen-bond donors (Lipinski definition) is 2. The lowest BCUT2D eigenvalue weighted by Crippen LogP contribution is -2.10. The van der Waals surface area contributed by atoms with Gasteiger partial charge in [-0.15, -0.1) is 0 Å². The van der Waals surface area contributed by atoms with Crippen molar-refractivity contribution in [2.24, 2.45) is 0 Å². The van der Waals surface area contributed by atoms with Crippen LogP contribution in [-0.2, 0) is 11.2 Å². The van der Waals surface area contributed by atoms with Crippen molar-refractivity contribution in [2.45, 2.75) is 46.0 Å². The number of nitrogens with one attached hydrogen (secondary N) is 1. The summed E-state index contributed by atoms with van der Waals surface area (Å²) in [5.74, 6) is 2.29. The van der Waals surface area contributed by atoms with Crippen molar-refractivity contribution in [2.75, 3.05) is 31.3 Å². The molecule has 0 aliphatic carbocycles. The average Bonchev–Trinajstić information content (AvgIpc) is 2.39. The second-order valence-electron chi connectivity index (χ2n) is 4.73. The Kier molecular flexibility index (Phi) is 7.18. The molecule has 0 aliphatic heterocycles. The van der Waals surface area contributed by atoms with E-state index in [4.69, 9.17) is 10.5 Å². The van der Waals surface area contributed by atoms with Crippen LogP contribution in [0.1, 0.15) is 44.0 Å². The Labute approximate surface area is 116 Å². The van der Waals surface area contributed by atoms with Gasteiger partial charge in [-0.1, -0.05) is 6.92 Å². The van der Waals surface area contributed by atoms with E-state index in [1.807, 2.05) is 6.92 Å². The maximum absolute atomic E-state index is 5.91. The molecule has 0 bridgehead atoms. The van der Waals surface area contributed by atoms with Crippen LogP contribution in [0.4, 0.5) is 11.6 Å². The number of unbranched alkanes of at least 4 members (excludes halogenated alkanes) is 2. The number of anilines is 2. The van der Waals surface area contributed by atoms with E-state index in [0.29, 0.717) is 5.82 Å². The summed E-state index contributed by atoms with van der Waals surface area (Å²) in [6.45, 7) is 5.81. The SMILES string of the molecule is CCCc1nc(N)c(C)c(NCCCCCOC)n1. The van der Waals surface area contributed by atoms with Gasteiger partial charge in [0.2, 0.25) is 0 Å². The summed E-state index contributed by atoms with van der Waals surface area (Å²) >= 11 is 0. The molecule has 1 rings (SSSR count). The maximum Gasteiger partial charge on any atom is 0.134 e.